The lowest BCUT2D eigenvalue weighted by molar-refractivity contribution is -0.141. The van der Waals surface area contributed by atoms with E-state index in [9.17, 15) is 9.59 Å². The smallest absolute Gasteiger partial charge is 0.308 e. The summed E-state index contributed by atoms with van der Waals surface area (Å²) in [4.78, 5) is 24.8. The number of aliphatic carboxylic acids is 1. The number of hydrogen-bond acceptors (Lipinski definition) is 2. The molecular weight excluding hydrogens is 242 g/mol. The maximum atomic E-state index is 12.1. The molecule has 102 valence electrons. The van der Waals surface area contributed by atoms with Crippen LogP contribution >= 0.6 is 0 Å². The number of benzene rings is 1. The van der Waals surface area contributed by atoms with Gasteiger partial charge in [-0.05, 0) is 24.0 Å². The average Bonchev–Trinajstić information content (AvgIpc) is 2.71. The second kappa shape index (κ2) is 5.03. The van der Waals surface area contributed by atoms with Crippen molar-refractivity contribution in [2.75, 3.05) is 11.4 Å². The monoisotopic (exact) mass is 261 g/mol. The van der Waals surface area contributed by atoms with Crippen molar-refractivity contribution < 1.29 is 14.7 Å². The van der Waals surface area contributed by atoms with Gasteiger partial charge in [-0.25, -0.2) is 0 Å². The van der Waals surface area contributed by atoms with Crippen molar-refractivity contribution in [3.8, 4) is 0 Å². The minimum Gasteiger partial charge on any atom is -0.481 e. The van der Waals surface area contributed by atoms with Crippen LogP contribution in [0.25, 0.3) is 0 Å². The van der Waals surface area contributed by atoms with Crippen LogP contribution in [0.3, 0.4) is 0 Å². The van der Waals surface area contributed by atoms with Crippen molar-refractivity contribution in [2.45, 2.75) is 33.1 Å². The summed E-state index contributed by atoms with van der Waals surface area (Å²) in [5.41, 5.74) is 3.01. The van der Waals surface area contributed by atoms with Crippen LogP contribution in [0.15, 0.2) is 18.2 Å². The fourth-order valence-corrected chi connectivity index (χ4v) is 2.61. The molecule has 19 heavy (non-hydrogen) atoms. The first-order valence-corrected chi connectivity index (χ1v) is 6.54. The van der Waals surface area contributed by atoms with E-state index < -0.39 is 11.9 Å². The number of amides is 1. The number of aryl methyl sites for hydroxylation is 1. The van der Waals surface area contributed by atoms with Gasteiger partial charge in [0.2, 0.25) is 5.91 Å². The van der Waals surface area contributed by atoms with Gasteiger partial charge < -0.3 is 10.0 Å². The van der Waals surface area contributed by atoms with E-state index in [2.05, 4.69) is 13.8 Å². The lowest BCUT2D eigenvalue weighted by atomic mass is 9.97. The standard InChI is InChI=1S/C15H19NO3/c1-9(2)12-6-4-5-10(3)14(12)16-8-11(15(18)19)7-13(16)17/h4-6,9,11H,7-8H2,1-3H3,(H,18,19)/t11-/m0/s1. The molecular formula is C15H19NO3. The van der Waals surface area contributed by atoms with Crippen molar-refractivity contribution in [2.24, 2.45) is 5.92 Å². The van der Waals surface area contributed by atoms with E-state index in [1.165, 1.54) is 0 Å². The molecule has 0 radical (unpaired) electrons. The molecule has 1 amide bonds. The fraction of sp³-hybridized carbons (Fsp3) is 0.467. The summed E-state index contributed by atoms with van der Waals surface area (Å²) < 4.78 is 0. The van der Waals surface area contributed by atoms with Crippen LogP contribution in [0.4, 0.5) is 5.69 Å². The lowest BCUT2D eigenvalue weighted by Gasteiger charge is -2.24. The van der Waals surface area contributed by atoms with Crippen molar-refractivity contribution >= 4 is 17.6 Å². The van der Waals surface area contributed by atoms with Crippen LogP contribution < -0.4 is 4.90 Å². The van der Waals surface area contributed by atoms with Crippen molar-refractivity contribution in [3.63, 3.8) is 0 Å². The molecule has 1 N–H and O–H groups in total. The van der Waals surface area contributed by atoms with Crippen LogP contribution in [0, 0.1) is 12.8 Å². The number of nitrogens with zero attached hydrogens (tertiary/aromatic N) is 1. The Hall–Kier alpha value is -1.84. The zero-order chi connectivity index (χ0) is 14.2. The predicted molar refractivity (Wildman–Crippen MR) is 73.4 cm³/mol. The minimum absolute atomic E-state index is 0.0939. The highest BCUT2D eigenvalue weighted by atomic mass is 16.4. The molecule has 1 aliphatic rings. The number of carboxylic acid groups (broad SMARTS) is 1. The second-order valence-electron chi connectivity index (χ2n) is 5.41. The number of rotatable bonds is 3. The zero-order valence-electron chi connectivity index (χ0n) is 11.5. The van der Waals surface area contributed by atoms with E-state index in [-0.39, 0.29) is 18.9 Å². The fourth-order valence-electron chi connectivity index (χ4n) is 2.61. The highest BCUT2D eigenvalue weighted by Gasteiger charge is 2.36. The summed E-state index contributed by atoms with van der Waals surface area (Å²) in [6.07, 6.45) is 0.0984. The topological polar surface area (TPSA) is 57.6 Å². The Balaban J connectivity index is 2.42. The van der Waals surface area contributed by atoms with Crippen molar-refractivity contribution in [1.29, 1.82) is 0 Å². The van der Waals surface area contributed by atoms with Crippen LogP contribution in [0.1, 0.15) is 37.3 Å². The molecule has 1 aromatic rings. The largest absolute Gasteiger partial charge is 0.481 e. The SMILES string of the molecule is Cc1cccc(C(C)C)c1N1C[C@@H](C(=O)O)CC1=O. The molecule has 2 rings (SSSR count). The van der Waals surface area contributed by atoms with Gasteiger partial charge in [0.1, 0.15) is 0 Å². The molecule has 4 nitrogen and oxygen atoms in total. The Morgan fingerprint density at radius 3 is 2.63 bits per heavy atom. The van der Waals surface area contributed by atoms with Gasteiger partial charge in [-0.3, -0.25) is 9.59 Å². The first-order valence-electron chi connectivity index (χ1n) is 6.54. The van der Waals surface area contributed by atoms with Gasteiger partial charge in [-0.15, -0.1) is 0 Å². The van der Waals surface area contributed by atoms with Gasteiger partial charge in [0.15, 0.2) is 0 Å². The predicted octanol–water partition coefficient (Wildman–Crippen LogP) is 2.56. The number of carbonyl (C=O) groups excluding carboxylic acids is 1. The number of carboxylic acids is 1. The van der Waals surface area contributed by atoms with E-state index in [1.807, 2.05) is 25.1 Å². The molecule has 1 aromatic carbocycles. The lowest BCUT2D eigenvalue weighted by Crippen LogP contribution is -2.27. The molecule has 0 unspecified atom stereocenters. The molecule has 0 aromatic heterocycles. The minimum atomic E-state index is -0.893. The Bertz CT molecular complexity index is 522. The van der Waals surface area contributed by atoms with Crippen molar-refractivity contribution in [3.05, 3.63) is 29.3 Å². The Kier molecular flexibility index (Phi) is 3.60. The molecule has 1 atom stereocenters. The highest BCUT2D eigenvalue weighted by molar-refractivity contribution is 6.00. The average molecular weight is 261 g/mol. The van der Waals surface area contributed by atoms with Gasteiger partial charge in [0.05, 0.1) is 5.92 Å². The summed E-state index contributed by atoms with van der Waals surface area (Å²) in [5.74, 6) is -1.28. The number of para-hydroxylation sites is 1. The van der Waals surface area contributed by atoms with Crippen molar-refractivity contribution in [1.82, 2.24) is 0 Å². The Morgan fingerprint density at radius 2 is 2.11 bits per heavy atom. The van der Waals surface area contributed by atoms with Crippen LogP contribution in [-0.2, 0) is 9.59 Å². The van der Waals surface area contributed by atoms with Gasteiger partial charge in [-0.2, -0.15) is 0 Å². The number of hydrogen-bond donors (Lipinski definition) is 1. The maximum absolute atomic E-state index is 12.1. The Morgan fingerprint density at radius 1 is 1.42 bits per heavy atom. The summed E-state index contributed by atoms with van der Waals surface area (Å²) >= 11 is 0. The third kappa shape index (κ3) is 2.48. The first-order chi connectivity index (χ1) is 8.91. The first kappa shape index (κ1) is 13.6. The molecule has 0 bridgehead atoms. The zero-order valence-corrected chi connectivity index (χ0v) is 11.5. The van der Waals surface area contributed by atoms with Crippen LogP contribution in [0.5, 0.6) is 0 Å². The van der Waals surface area contributed by atoms with E-state index in [0.29, 0.717) is 5.92 Å². The Labute approximate surface area is 113 Å². The summed E-state index contributed by atoms with van der Waals surface area (Å²) in [6, 6.07) is 5.94. The molecule has 0 saturated carbocycles. The molecule has 0 spiro atoms. The van der Waals surface area contributed by atoms with Gasteiger partial charge in [0, 0.05) is 18.7 Å². The van der Waals surface area contributed by atoms with E-state index in [0.717, 1.165) is 16.8 Å². The number of anilines is 1. The molecule has 4 heteroatoms. The second-order valence-corrected chi connectivity index (χ2v) is 5.41. The van der Waals surface area contributed by atoms with Gasteiger partial charge >= 0.3 is 5.97 Å². The van der Waals surface area contributed by atoms with E-state index in [4.69, 9.17) is 5.11 Å². The maximum Gasteiger partial charge on any atom is 0.308 e. The molecule has 1 aliphatic heterocycles. The summed E-state index contributed by atoms with van der Waals surface area (Å²) in [5, 5.41) is 9.06. The summed E-state index contributed by atoms with van der Waals surface area (Å²) in [6.45, 7) is 6.39. The summed E-state index contributed by atoms with van der Waals surface area (Å²) in [7, 11) is 0. The van der Waals surface area contributed by atoms with Crippen LogP contribution in [0.2, 0.25) is 0 Å². The molecule has 1 heterocycles. The highest BCUT2D eigenvalue weighted by Crippen LogP contribution is 2.34. The van der Waals surface area contributed by atoms with E-state index in [1.54, 1.807) is 4.90 Å². The third-order valence-corrected chi connectivity index (χ3v) is 3.64. The normalized spacial score (nSPS) is 19.3. The molecule has 1 saturated heterocycles. The van der Waals surface area contributed by atoms with Gasteiger partial charge in [-0.1, -0.05) is 32.0 Å². The van der Waals surface area contributed by atoms with Crippen LogP contribution in [-0.4, -0.2) is 23.5 Å². The molecule has 1 fully saturated rings. The third-order valence-electron chi connectivity index (χ3n) is 3.64. The quantitative estimate of drug-likeness (QED) is 0.909. The molecule has 0 aliphatic carbocycles. The van der Waals surface area contributed by atoms with Gasteiger partial charge in [0.25, 0.3) is 0 Å². The van der Waals surface area contributed by atoms with E-state index >= 15 is 0 Å². The number of carbonyl (C=O) groups is 2.